The molecule has 0 radical (unpaired) electrons. The van der Waals surface area contributed by atoms with Gasteiger partial charge in [0, 0.05) is 5.69 Å². The van der Waals surface area contributed by atoms with Crippen LogP contribution in [0.1, 0.15) is 17.5 Å². The zero-order chi connectivity index (χ0) is 17.4. The van der Waals surface area contributed by atoms with Crippen molar-refractivity contribution in [1.29, 1.82) is 0 Å². The van der Waals surface area contributed by atoms with Crippen molar-refractivity contribution < 1.29 is 19.1 Å². The number of ether oxygens (including phenoxy) is 2. The Morgan fingerprint density at radius 2 is 1.75 bits per heavy atom. The largest absolute Gasteiger partial charge is 0.493 e. The summed E-state index contributed by atoms with van der Waals surface area (Å²) >= 11 is 0. The van der Waals surface area contributed by atoms with Crippen LogP contribution in [-0.4, -0.2) is 25.1 Å². The fourth-order valence-corrected chi connectivity index (χ4v) is 2.02. The van der Waals surface area contributed by atoms with E-state index in [1.54, 1.807) is 6.07 Å². The van der Waals surface area contributed by atoms with Crippen molar-refractivity contribution in [3.05, 3.63) is 59.7 Å². The number of benzene rings is 2. The zero-order valence-corrected chi connectivity index (χ0v) is 13.9. The Morgan fingerprint density at radius 3 is 2.46 bits per heavy atom. The van der Waals surface area contributed by atoms with Gasteiger partial charge in [0.1, 0.15) is 5.75 Å². The van der Waals surface area contributed by atoms with Gasteiger partial charge < -0.3 is 14.8 Å². The van der Waals surface area contributed by atoms with Gasteiger partial charge in [0.05, 0.1) is 13.0 Å². The molecule has 0 fully saturated rings. The van der Waals surface area contributed by atoms with Gasteiger partial charge in [-0.1, -0.05) is 29.8 Å². The summed E-state index contributed by atoms with van der Waals surface area (Å²) in [7, 11) is 0. The minimum absolute atomic E-state index is 0.0889. The number of anilines is 1. The summed E-state index contributed by atoms with van der Waals surface area (Å²) in [6, 6.07) is 15.0. The second-order valence-corrected chi connectivity index (χ2v) is 5.49. The van der Waals surface area contributed by atoms with Crippen LogP contribution < -0.4 is 10.1 Å². The molecule has 0 aliphatic carbocycles. The van der Waals surface area contributed by atoms with Crippen LogP contribution >= 0.6 is 0 Å². The van der Waals surface area contributed by atoms with Gasteiger partial charge >= 0.3 is 5.97 Å². The number of carbonyl (C=O) groups is 2. The van der Waals surface area contributed by atoms with Crippen LogP contribution in [0, 0.1) is 13.8 Å². The van der Waals surface area contributed by atoms with Gasteiger partial charge in [-0.05, 0) is 43.7 Å². The number of aryl methyl sites for hydroxylation is 2. The lowest BCUT2D eigenvalue weighted by Crippen LogP contribution is -2.21. The van der Waals surface area contributed by atoms with Crippen molar-refractivity contribution in [1.82, 2.24) is 0 Å². The summed E-state index contributed by atoms with van der Waals surface area (Å²) in [5.74, 6) is -0.138. The van der Waals surface area contributed by atoms with Crippen LogP contribution in [0.3, 0.4) is 0 Å². The molecule has 0 atom stereocenters. The number of amides is 1. The lowest BCUT2D eigenvalue weighted by molar-refractivity contribution is -0.147. The molecular formula is C19H21NO4. The lowest BCUT2D eigenvalue weighted by Gasteiger charge is -2.08. The maximum atomic E-state index is 11.7. The molecular weight excluding hydrogens is 306 g/mol. The summed E-state index contributed by atoms with van der Waals surface area (Å²) < 4.78 is 10.4. The Balaban J connectivity index is 1.65. The Labute approximate surface area is 141 Å². The maximum Gasteiger partial charge on any atom is 0.309 e. The van der Waals surface area contributed by atoms with Gasteiger partial charge in [0.2, 0.25) is 0 Å². The fourth-order valence-electron chi connectivity index (χ4n) is 2.02. The van der Waals surface area contributed by atoms with E-state index in [0.29, 0.717) is 11.4 Å². The average Bonchev–Trinajstić information content (AvgIpc) is 2.55. The number of nitrogens with one attached hydrogen (secondary N) is 1. The molecule has 0 aliphatic rings. The SMILES string of the molecule is Cc1ccc(OCCC(=O)OCC(=O)Nc2cccc(C)c2)cc1. The normalized spacial score (nSPS) is 10.1. The van der Waals surface area contributed by atoms with E-state index in [0.717, 1.165) is 11.1 Å². The van der Waals surface area contributed by atoms with E-state index >= 15 is 0 Å². The van der Waals surface area contributed by atoms with E-state index in [4.69, 9.17) is 9.47 Å². The van der Waals surface area contributed by atoms with Gasteiger partial charge in [-0.15, -0.1) is 0 Å². The molecule has 1 amide bonds. The van der Waals surface area contributed by atoms with Crippen molar-refractivity contribution in [2.45, 2.75) is 20.3 Å². The van der Waals surface area contributed by atoms with E-state index in [1.807, 2.05) is 56.3 Å². The van der Waals surface area contributed by atoms with E-state index in [9.17, 15) is 9.59 Å². The van der Waals surface area contributed by atoms with Gasteiger partial charge in [-0.25, -0.2) is 0 Å². The number of rotatable bonds is 7. The molecule has 0 saturated carbocycles. The molecule has 2 aromatic carbocycles. The van der Waals surface area contributed by atoms with Crippen molar-refractivity contribution in [2.75, 3.05) is 18.5 Å². The van der Waals surface area contributed by atoms with Crippen LogP contribution in [0.4, 0.5) is 5.69 Å². The van der Waals surface area contributed by atoms with Crippen molar-refractivity contribution in [2.24, 2.45) is 0 Å². The predicted molar refractivity (Wildman–Crippen MR) is 92.1 cm³/mol. The molecule has 5 heteroatoms. The minimum Gasteiger partial charge on any atom is -0.493 e. The second kappa shape index (κ2) is 8.72. The van der Waals surface area contributed by atoms with E-state index in [2.05, 4.69) is 5.32 Å². The first-order valence-corrected chi connectivity index (χ1v) is 7.74. The predicted octanol–water partition coefficient (Wildman–Crippen LogP) is 3.25. The molecule has 0 aromatic heterocycles. The summed E-state index contributed by atoms with van der Waals surface area (Å²) in [6.07, 6.45) is 0.0889. The van der Waals surface area contributed by atoms with Crippen LogP contribution in [-0.2, 0) is 14.3 Å². The summed E-state index contributed by atoms with van der Waals surface area (Å²) in [6.45, 7) is 3.82. The number of esters is 1. The molecule has 0 aliphatic heterocycles. The third-order valence-electron chi connectivity index (χ3n) is 3.26. The molecule has 126 valence electrons. The average molecular weight is 327 g/mol. The van der Waals surface area contributed by atoms with Gasteiger partial charge in [0.15, 0.2) is 6.61 Å². The highest BCUT2D eigenvalue weighted by Gasteiger charge is 2.08. The molecule has 0 heterocycles. The Hall–Kier alpha value is -2.82. The molecule has 2 rings (SSSR count). The molecule has 1 N–H and O–H groups in total. The van der Waals surface area contributed by atoms with Crippen molar-refractivity contribution in [3.63, 3.8) is 0 Å². The van der Waals surface area contributed by atoms with E-state index in [1.165, 1.54) is 0 Å². The molecule has 0 unspecified atom stereocenters. The first-order valence-electron chi connectivity index (χ1n) is 7.74. The third kappa shape index (κ3) is 6.12. The van der Waals surface area contributed by atoms with Gasteiger partial charge in [-0.3, -0.25) is 9.59 Å². The Bertz CT molecular complexity index is 695. The second-order valence-electron chi connectivity index (χ2n) is 5.49. The molecule has 24 heavy (non-hydrogen) atoms. The van der Waals surface area contributed by atoms with Crippen LogP contribution in [0.25, 0.3) is 0 Å². The highest BCUT2D eigenvalue weighted by Crippen LogP contribution is 2.12. The summed E-state index contributed by atoms with van der Waals surface area (Å²) in [4.78, 5) is 23.4. The first kappa shape index (κ1) is 17.5. The molecule has 2 aromatic rings. The Kier molecular flexibility index (Phi) is 6.37. The van der Waals surface area contributed by atoms with E-state index < -0.39 is 5.97 Å². The van der Waals surface area contributed by atoms with Gasteiger partial charge in [-0.2, -0.15) is 0 Å². The standard InChI is InChI=1S/C19H21NO4/c1-14-6-8-17(9-7-14)23-11-10-19(22)24-13-18(21)20-16-5-3-4-15(2)12-16/h3-9,12H,10-11,13H2,1-2H3,(H,20,21). The van der Waals surface area contributed by atoms with E-state index in [-0.39, 0.29) is 25.5 Å². The van der Waals surface area contributed by atoms with Crippen molar-refractivity contribution in [3.8, 4) is 5.75 Å². The summed E-state index contributed by atoms with van der Waals surface area (Å²) in [5.41, 5.74) is 2.86. The van der Waals surface area contributed by atoms with Crippen LogP contribution in [0.2, 0.25) is 0 Å². The van der Waals surface area contributed by atoms with Gasteiger partial charge in [0.25, 0.3) is 5.91 Å². The first-order chi connectivity index (χ1) is 11.5. The number of hydrogen-bond donors (Lipinski definition) is 1. The summed E-state index contributed by atoms with van der Waals surface area (Å²) in [5, 5.41) is 2.68. The molecule has 5 nitrogen and oxygen atoms in total. The minimum atomic E-state index is -0.471. The number of hydrogen-bond acceptors (Lipinski definition) is 4. The Morgan fingerprint density at radius 1 is 1.00 bits per heavy atom. The molecule has 0 saturated heterocycles. The zero-order valence-electron chi connectivity index (χ0n) is 13.9. The number of carbonyl (C=O) groups excluding carboxylic acids is 2. The quantitative estimate of drug-likeness (QED) is 0.793. The van der Waals surface area contributed by atoms with Crippen LogP contribution in [0.15, 0.2) is 48.5 Å². The third-order valence-corrected chi connectivity index (χ3v) is 3.26. The topological polar surface area (TPSA) is 64.6 Å². The molecule has 0 spiro atoms. The smallest absolute Gasteiger partial charge is 0.309 e. The maximum absolute atomic E-state index is 11.7. The highest BCUT2D eigenvalue weighted by molar-refractivity contribution is 5.92. The van der Waals surface area contributed by atoms with Crippen molar-refractivity contribution >= 4 is 17.6 Å². The molecule has 0 bridgehead atoms. The van der Waals surface area contributed by atoms with Crippen LogP contribution in [0.5, 0.6) is 5.75 Å². The fraction of sp³-hybridized carbons (Fsp3) is 0.263. The monoisotopic (exact) mass is 327 g/mol. The highest BCUT2D eigenvalue weighted by atomic mass is 16.5. The lowest BCUT2D eigenvalue weighted by atomic mass is 10.2.